The van der Waals surface area contributed by atoms with Crippen LogP contribution >= 0.6 is 0 Å². The minimum absolute atomic E-state index is 0.0372. The van der Waals surface area contributed by atoms with Gasteiger partial charge in [-0.3, -0.25) is 10.1 Å². The van der Waals surface area contributed by atoms with Crippen molar-refractivity contribution >= 4 is 23.6 Å². The number of ether oxygens (including phenoxy) is 1. The zero-order chi connectivity index (χ0) is 18.9. The molecule has 3 rings (SSSR count). The van der Waals surface area contributed by atoms with E-state index in [1.54, 1.807) is 18.2 Å². The molecule has 0 spiro atoms. The van der Waals surface area contributed by atoms with Crippen LogP contribution in [0.2, 0.25) is 0 Å². The minimum Gasteiger partial charge on any atom is -0.402 e. The second kappa shape index (κ2) is 6.55. The average molecular weight is 350 g/mol. The molecule has 0 fully saturated rings. The van der Waals surface area contributed by atoms with E-state index in [0.29, 0.717) is 0 Å². The van der Waals surface area contributed by atoms with Crippen molar-refractivity contribution in [2.75, 3.05) is 0 Å². The molecule has 0 N–H and O–H groups in total. The van der Waals surface area contributed by atoms with Crippen molar-refractivity contribution in [2.45, 2.75) is 26.2 Å². The lowest BCUT2D eigenvalue weighted by Gasteiger charge is -2.18. The number of carbonyl (C=O) groups is 1. The van der Waals surface area contributed by atoms with E-state index >= 15 is 0 Å². The Morgan fingerprint density at radius 2 is 1.73 bits per heavy atom. The first-order valence-corrected chi connectivity index (χ1v) is 8.12. The molecule has 0 bridgehead atoms. The summed E-state index contributed by atoms with van der Waals surface area (Å²) in [6, 6.07) is 13.8. The lowest BCUT2D eigenvalue weighted by molar-refractivity contribution is -0.385. The van der Waals surface area contributed by atoms with Crippen LogP contribution in [0.15, 0.2) is 59.2 Å². The Balaban J connectivity index is 1.94. The van der Waals surface area contributed by atoms with Gasteiger partial charge in [-0.2, -0.15) is 0 Å². The quantitative estimate of drug-likeness (QED) is 0.359. The Bertz CT molecular complexity index is 935. The molecule has 0 saturated heterocycles. The van der Waals surface area contributed by atoms with Gasteiger partial charge in [0.2, 0.25) is 5.90 Å². The Morgan fingerprint density at radius 1 is 1.08 bits per heavy atom. The van der Waals surface area contributed by atoms with Crippen LogP contribution in [-0.4, -0.2) is 16.8 Å². The summed E-state index contributed by atoms with van der Waals surface area (Å²) in [7, 11) is 0. The number of rotatable bonds is 3. The van der Waals surface area contributed by atoms with Gasteiger partial charge in [0, 0.05) is 6.07 Å². The molecule has 0 radical (unpaired) electrons. The van der Waals surface area contributed by atoms with E-state index in [9.17, 15) is 14.9 Å². The van der Waals surface area contributed by atoms with Gasteiger partial charge in [0.1, 0.15) is 5.56 Å². The summed E-state index contributed by atoms with van der Waals surface area (Å²) in [5, 5.41) is 11.1. The van der Waals surface area contributed by atoms with E-state index in [4.69, 9.17) is 4.74 Å². The lowest BCUT2D eigenvalue weighted by atomic mass is 9.87. The number of cyclic esters (lactones) is 1. The number of nitrogens with zero attached hydrogens (tertiary/aromatic N) is 2. The number of aliphatic imine (C=N–C) groups is 1. The minimum atomic E-state index is -0.627. The van der Waals surface area contributed by atoms with E-state index in [2.05, 4.69) is 25.8 Å². The molecule has 0 aliphatic carbocycles. The van der Waals surface area contributed by atoms with Gasteiger partial charge in [-0.1, -0.05) is 57.2 Å². The van der Waals surface area contributed by atoms with Gasteiger partial charge in [0.15, 0.2) is 5.70 Å². The number of nitro benzene ring substituents is 1. The number of hydrogen-bond donors (Lipinski definition) is 0. The van der Waals surface area contributed by atoms with Crippen LogP contribution in [0, 0.1) is 10.1 Å². The van der Waals surface area contributed by atoms with E-state index in [0.717, 1.165) is 5.56 Å². The highest BCUT2D eigenvalue weighted by molar-refractivity contribution is 6.14. The fourth-order valence-corrected chi connectivity index (χ4v) is 2.58. The largest absolute Gasteiger partial charge is 0.402 e. The molecule has 0 amide bonds. The number of hydrogen-bond acceptors (Lipinski definition) is 5. The van der Waals surface area contributed by atoms with Gasteiger partial charge in [-0.05, 0) is 28.7 Å². The van der Waals surface area contributed by atoms with Gasteiger partial charge in [0.25, 0.3) is 5.69 Å². The summed E-state index contributed by atoms with van der Waals surface area (Å²) in [5.41, 5.74) is 2.15. The van der Waals surface area contributed by atoms with E-state index in [1.165, 1.54) is 17.7 Å². The van der Waals surface area contributed by atoms with Crippen molar-refractivity contribution in [1.29, 1.82) is 0 Å². The molecular weight excluding hydrogens is 332 g/mol. The van der Waals surface area contributed by atoms with Crippen molar-refractivity contribution in [2.24, 2.45) is 4.99 Å². The zero-order valence-corrected chi connectivity index (χ0v) is 14.7. The Labute approximate surface area is 151 Å². The Hall–Kier alpha value is -3.28. The molecule has 26 heavy (non-hydrogen) atoms. The maximum absolute atomic E-state index is 12.1. The molecule has 0 atom stereocenters. The molecule has 2 aromatic carbocycles. The van der Waals surface area contributed by atoms with Crippen LogP contribution in [0.3, 0.4) is 0 Å². The van der Waals surface area contributed by atoms with Gasteiger partial charge >= 0.3 is 5.97 Å². The van der Waals surface area contributed by atoms with Gasteiger partial charge in [0.05, 0.1) is 4.92 Å². The van der Waals surface area contributed by atoms with Crippen molar-refractivity contribution < 1.29 is 14.5 Å². The summed E-state index contributed by atoms with van der Waals surface area (Å²) in [6.45, 7) is 6.37. The molecule has 6 nitrogen and oxygen atoms in total. The number of carbonyl (C=O) groups excluding carboxylic acids is 1. The first-order chi connectivity index (χ1) is 12.3. The zero-order valence-electron chi connectivity index (χ0n) is 14.7. The smallest absolute Gasteiger partial charge is 0.363 e. The SMILES string of the molecule is CC(C)(C)c1ccc(/C=C2\N=C(c3ccccc3[N+](=O)[O-])OC2=O)cc1. The number of benzene rings is 2. The van der Waals surface area contributed by atoms with Gasteiger partial charge in [-0.25, -0.2) is 9.79 Å². The van der Waals surface area contributed by atoms with Crippen molar-refractivity contribution in [3.05, 3.63) is 81.0 Å². The maximum Gasteiger partial charge on any atom is 0.363 e. The molecule has 0 aromatic heterocycles. The monoisotopic (exact) mass is 350 g/mol. The summed E-state index contributed by atoms with van der Waals surface area (Å²) >= 11 is 0. The first-order valence-electron chi connectivity index (χ1n) is 8.12. The van der Waals surface area contributed by atoms with Crippen LogP contribution in [-0.2, 0) is 14.9 Å². The van der Waals surface area contributed by atoms with Crippen molar-refractivity contribution in [1.82, 2.24) is 0 Å². The van der Waals surface area contributed by atoms with Crippen LogP contribution < -0.4 is 0 Å². The number of nitro groups is 1. The highest BCUT2D eigenvalue weighted by atomic mass is 16.6. The highest BCUT2D eigenvalue weighted by Crippen LogP contribution is 2.26. The number of esters is 1. The molecule has 132 valence electrons. The molecular formula is C20H18N2O4. The van der Waals surface area contributed by atoms with E-state index < -0.39 is 10.9 Å². The fourth-order valence-electron chi connectivity index (χ4n) is 2.58. The fraction of sp³-hybridized carbons (Fsp3) is 0.200. The average Bonchev–Trinajstić information content (AvgIpc) is 2.95. The van der Waals surface area contributed by atoms with E-state index in [-0.39, 0.29) is 28.3 Å². The van der Waals surface area contributed by atoms with Gasteiger partial charge < -0.3 is 4.74 Å². The molecule has 0 saturated carbocycles. The third-order valence-corrected chi connectivity index (χ3v) is 4.03. The molecule has 1 aliphatic rings. The Kier molecular flexibility index (Phi) is 4.42. The van der Waals surface area contributed by atoms with Crippen molar-refractivity contribution in [3.8, 4) is 0 Å². The second-order valence-electron chi connectivity index (χ2n) is 6.98. The third kappa shape index (κ3) is 3.54. The summed E-state index contributed by atoms with van der Waals surface area (Å²) in [5.74, 6) is -0.682. The molecule has 2 aromatic rings. The Morgan fingerprint density at radius 3 is 2.35 bits per heavy atom. The predicted molar refractivity (Wildman–Crippen MR) is 98.8 cm³/mol. The topological polar surface area (TPSA) is 81.8 Å². The summed E-state index contributed by atoms with van der Waals surface area (Å²) in [4.78, 5) is 26.9. The lowest BCUT2D eigenvalue weighted by Crippen LogP contribution is -2.10. The molecule has 6 heteroatoms. The highest BCUT2D eigenvalue weighted by Gasteiger charge is 2.28. The van der Waals surface area contributed by atoms with Crippen LogP contribution in [0.4, 0.5) is 5.69 Å². The first kappa shape index (κ1) is 17.5. The number of para-hydroxylation sites is 1. The summed E-state index contributed by atoms with van der Waals surface area (Å²) in [6.07, 6.45) is 1.61. The molecule has 1 aliphatic heterocycles. The maximum atomic E-state index is 12.1. The van der Waals surface area contributed by atoms with Crippen LogP contribution in [0.1, 0.15) is 37.5 Å². The molecule has 0 unspecified atom stereocenters. The van der Waals surface area contributed by atoms with Crippen LogP contribution in [0.5, 0.6) is 0 Å². The predicted octanol–water partition coefficient (Wildman–Crippen LogP) is 4.24. The standard InChI is InChI=1S/C20H18N2O4/c1-20(2,3)14-10-8-13(9-11-14)12-16-19(23)26-18(21-16)15-6-4-5-7-17(15)22(24)25/h4-12H,1-3H3/b16-12-. The third-order valence-electron chi connectivity index (χ3n) is 4.03. The summed E-state index contributed by atoms with van der Waals surface area (Å²) < 4.78 is 5.14. The molecule has 1 heterocycles. The second-order valence-corrected chi connectivity index (χ2v) is 6.98. The van der Waals surface area contributed by atoms with Gasteiger partial charge in [-0.15, -0.1) is 0 Å². The van der Waals surface area contributed by atoms with E-state index in [1.807, 2.05) is 24.3 Å². The van der Waals surface area contributed by atoms with Crippen molar-refractivity contribution in [3.63, 3.8) is 0 Å². The van der Waals surface area contributed by atoms with Crippen LogP contribution in [0.25, 0.3) is 6.08 Å². The normalized spacial score (nSPS) is 15.7.